The predicted octanol–water partition coefficient (Wildman–Crippen LogP) is 2.84. The van der Waals surface area contributed by atoms with Crippen molar-refractivity contribution in [2.75, 3.05) is 0 Å². The van der Waals surface area contributed by atoms with Gasteiger partial charge in [0.25, 0.3) is 0 Å². The fourth-order valence-electron chi connectivity index (χ4n) is 1.03. The molecule has 0 amide bonds. The summed E-state index contributed by atoms with van der Waals surface area (Å²) in [5.41, 5.74) is -2.29. The van der Waals surface area contributed by atoms with Crippen LogP contribution in [0.15, 0.2) is 5.57 Å². The lowest BCUT2D eigenvalue weighted by molar-refractivity contribution is -0.132. The second kappa shape index (κ2) is 5.34. The third kappa shape index (κ3) is 2.45. The molecule has 0 aromatic heterocycles. The number of hydrogen-bond acceptors (Lipinski definition) is 2. The summed E-state index contributed by atoms with van der Waals surface area (Å²) in [5.74, 6) is -8.58. The molecule has 1 aromatic carbocycles. The molecule has 0 aliphatic carbocycles. The highest BCUT2D eigenvalue weighted by Crippen LogP contribution is 2.26. The second-order valence-electron chi connectivity index (χ2n) is 2.96. The molecule has 1 N–H and O–H groups in total. The Hall–Kier alpha value is -1.63. The number of aliphatic carboxylic acids is 1. The van der Waals surface area contributed by atoms with E-state index < -0.39 is 43.9 Å². The number of carboxylic acid groups (broad SMARTS) is 1. The molecule has 0 atom stereocenters. The molecule has 0 unspecified atom stereocenters. The molecule has 0 bridgehead atoms. The highest BCUT2D eigenvalue weighted by Gasteiger charge is 2.23. The van der Waals surface area contributed by atoms with Crippen molar-refractivity contribution in [2.45, 2.75) is 0 Å². The first kappa shape index (κ1) is 14.4. The average molecular weight is 371 g/mol. The van der Waals surface area contributed by atoms with E-state index in [4.69, 9.17) is 10.4 Å². The molecule has 0 aliphatic heterocycles. The standard InChI is InChI=1S/C10H2F4INO2/c11-5-4(1-3(2-16)10(17)18)6(12)8(14)9(15)7(5)13/h1H,(H,17,18)/b3-1-. The third-order valence-corrected chi connectivity index (χ3v) is 2.83. The van der Waals surface area contributed by atoms with Crippen LogP contribution in [0.25, 0.3) is 6.08 Å². The topological polar surface area (TPSA) is 61.1 Å². The van der Waals surface area contributed by atoms with Crippen molar-refractivity contribution < 1.29 is 27.5 Å². The van der Waals surface area contributed by atoms with Crippen molar-refractivity contribution >= 4 is 34.6 Å². The molecule has 0 radical (unpaired) electrons. The minimum atomic E-state index is -1.77. The van der Waals surface area contributed by atoms with Crippen molar-refractivity contribution in [3.8, 4) is 6.07 Å². The summed E-state index contributed by atoms with van der Waals surface area (Å²) < 4.78 is 52.0. The SMILES string of the molecule is N#C/C(=C/c1c(F)c(F)c(I)c(F)c1F)C(=O)O. The summed E-state index contributed by atoms with van der Waals surface area (Å²) >= 11 is 1.06. The molecule has 0 saturated heterocycles. The number of carbonyl (C=O) groups is 1. The maximum absolute atomic E-state index is 13.3. The Morgan fingerprint density at radius 2 is 1.61 bits per heavy atom. The van der Waals surface area contributed by atoms with Crippen molar-refractivity contribution in [1.82, 2.24) is 0 Å². The minimum absolute atomic E-state index is 0.231. The molecule has 94 valence electrons. The molecular formula is C10H2F4INO2. The van der Waals surface area contributed by atoms with Crippen LogP contribution in [0.2, 0.25) is 0 Å². The lowest BCUT2D eigenvalue weighted by Crippen LogP contribution is -2.05. The van der Waals surface area contributed by atoms with Gasteiger partial charge in [0.2, 0.25) is 0 Å². The maximum Gasteiger partial charge on any atom is 0.346 e. The zero-order valence-corrected chi connectivity index (χ0v) is 10.4. The number of nitrogens with zero attached hydrogens (tertiary/aromatic N) is 1. The van der Waals surface area contributed by atoms with E-state index in [9.17, 15) is 22.4 Å². The van der Waals surface area contributed by atoms with Crippen LogP contribution in [-0.4, -0.2) is 11.1 Å². The Kier molecular flexibility index (Phi) is 4.28. The Labute approximate surface area is 111 Å². The van der Waals surface area contributed by atoms with E-state index in [-0.39, 0.29) is 6.08 Å². The Bertz CT molecular complexity index is 578. The third-order valence-electron chi connectivity index (χ3n) is 1.88. The smallest absolute Gasteiger partial charge is 0.346 e. The number of carboxylic acids is 1. The van der Waals surface area contributed by atoms with Crippen molar-refractivity contribution in [3.63, 3.8) is 0 Å². The molecule has 8 heteroatoms. The largest absolute Gasteiger partial charge is 0.477 e. The average Bonchev–Trinajstić information content (AvgIpc) is 2.34. The van der Waals surface area contributed by atoms with E-state index in [2.05, 4.69) is 0 Å². The van der Waals surface area contributed by atoms with Gasteiger partial charge in [-0.1, -0.05) is 0 Å². The molecule has 0 heterocycles. The monoisotopic (exact) mass is 371 g/mol. The second-order valence-corrected chi connectivity index (χ2v) is 4.04. The molecule has 1 rings (SSSR count). The van der Waals surface area contributed by atoms with E-state index in [1.165, 1.54) is 0 Å². The lowest BCUT2D eigenvalue weighted by atomic mass is 10.1. The lowest BCUT2D eigenvalue weighted by Gasteiger charge is -2.05. The van der Waals surface area contributed by atoms with Crippen LogP contribution < -0.4 is 0 Å². The quantitative estimate of drug-likeness (QED) is 0.217. The van der Waals surface area contributed by atoms with Gasteiger partial charge >= 0.3 is 5.97 Å². The van der Waals surface area contributed by atoms with Crippen LogP contribution in [0.3, 0.4) is 0 Å². The molecule has 0 saturated carbocycles. The highest BCUT2D eigenvalue weighted by atomic mass is 127. The van der Waals surface area contributed by atoms with Crippen LogP contribution in [-0.2, 0) is 4.79 Å². The number of nitriles is 1. The van der Waals surface area contributed by atoms with Gasteiger partial charge < -0.3 is 5.11 Å². The number of benzene rings is 1. The fraction of sp³-hybridized carbons (Fsp3) is 0. The predicted molar refractivity (Wildman–Crippen MR) is 60.2 cm³/mol. The Balaban J connectivity index is 3.63. The Morgan fingerprint density at radius 3 is 1.94 bits per heavy atom. The summed E-state index contributed by atoms with van der Waals surface area (Å²) in [6.45, 7) is 0. The Morgan fingerprint density at radius 1 is 1.17 bits per heavy atom. The molecule has 0 spiro atoms. The normalized spacial score (nSPS) is 11.2. The van der Waals surface area contributed by atoms with Crippen LogP contribution >= 0.6 is 22.6 Å². The zero-order chi connectivity index (χ0) is 14.0. The van der Waals surface area contributed by atoms with Crippen molar-refractivity contribution in [2.24, 2.45) is 0 Å². The summed E-state index contributed by atoms with van der Waals surface area (Å²) in [6, 6.07) is 1.14. The summed E-state index contributed by atoms with van der Waals surface area (Å²) in [4.78, 5) is 10.5. The highest BCUT2D eigenvalue weighted by molar-refractivity contribution is 14.1. The van der Waals surface area contributed by atoms with Gasteiger partial charge in [-0.3, -0.25) is 0 Å². The first-order valence-corrected chi connectivity index (χ1v) is 5.25. The summed E-state index contributed by atoms with van der Waals surface area (Å²) in [6.07, 6.45) is 0.231. The zero-order valence-electron chi connectivity index (χ0n) is 8.27. The number of hydrogen-bond donors (Lipinski definition) is 1. The molecule has 3 nitrogen and oxygen atoms in total. The van der Waals surface area contributed by atoms with Gasteiger partial charge in [0.1, 0.15) is 11.6 Å². The van der Waals surface area contributed by atoms with E-state index >= 15 is 0 Å². The van der Waals surface area contributed by atoms with Gasteiger partial charge in [-0.2, -0.15) is 5.26 Å². The van der Waals surface area contributed by atoms with Gasteiger partial charge in [-0.05, 0) is 28.7 Å². The van der Waals surface area contributed by atoms with Crippen LogP contribution in [0, 0.1) is 38.2 Å². The number of halogens is 5. The van der Waals surface area contributed by atoms with Gasteiger partial charge in [0.15, 0.2) is 23.3 Å². The maximum atomic E-state index is 13.3. The van der Waals surface area contributed by atoms with Gasteiger partial charge in [-0.25, -0.2) is 22.4 Å². The van der Waals surface area contributed by atoms with Gasteiger partial charge in [-0.15, -0.1) is 0 Å². The van der Waals surface area contributed by atoms with Crippen LogP contribution in [0.1, 0.15) is 5.56 Å². The molecule has 18 heavy (non-hydrogen) atoms. The van der Waals surface area contributed by atoms with E-state index in [0.717, 1.165) is 28.7 Å². The van der Waals surface area contributed by atoms with Crippen LogP contribution in [0.5, 0.6) is 0 Å². The number of rotatable bonds is 2. The van der Waals surface area contributed by atoms with Gasteiger partial charge in [0, 0.05) is 0 Å². The van der Waals surface area contributed by atoms with E-state index in [0.29, 0.717) is 0 Å². The van der Waals surface area contributed by atoms with Gasteiger partial charge in [0.05, 0.1) is 9.13 Å². The van der Waals surface area contributed by atoms with E-state index in [1.807, 2.05) is 0 Å². The molecule has 0 fully saturated rings. The fourth-order valence-corrected chi connectivity index (χ4v) is 1.51. The summed E-state index contributed by atoms with van der Waals surface area (Å²) in [5, 5.41) is 16.9. The van der Waals surface area contributed by atoms with Crippen molar-refractivity contribution in [1.29, 1.82) is 5.26 Å². The molecular weight excluding hydrogens is 369 g/mol. The first-order chi connectivity index (χ1) is 8.31. The summed E-state index contributed by atoms with van der Waals surface area (Å²) in [7, 11) is 0. The molecule has 0 aliphatic rings. The molecule has 1 aromatic rings. The van der Waals surface area contributed by atoms with Crippen molar-refractivity contribution in [3.05, 3.63) is 38.0 Å². The first-order valence-electron chi connectivity index (χ1n) is 4.17. The minimum Gasteiger partial charge on any atom is -0.477 e. The van der Waals surface area contributed by atoms with E-state index in [1.54, 1.807) is 0 Å². The van der Waals surface area contributed by atoms with Crippen LogP contribution in [0.4, 0.5) is 17.6 Å².